The minimum Gasteiger partial charge on any atom is -0.372 e. The molecule has 13 heavy (non-hydrogen) atoms. The highest BCUT2D eigenvalue weighted by atomic mass is 35.5. The van der Waals surface area contributed by atoms with E-state index in [2.05, 4.69) is 0 Å². The fourth-order valence-corrected chi connectivity index (χ4v) is 1.25. The zero-order chi connectivity index (χ0) is 9.68. The highest BCUT2D eigenvalue weighted by Gasteiger charge is 2.15. The van der Waals surface area contributed by atoms with E-state index in [1.165, 1.54) is 7.11 Å². The van der Waals surface area contributed by atoms with Gasteiger partial charge >= 0.3 is 0 Å². The fourth-order valence-electron chi connectivity index (χ4n) is 1.08. The van der Waals surface area contributed by atoms with Gasteiger partial charge in [0.1, 0.15) is 6.10 Å². The third kappa shape index (κ3) is 3.17. The Bertz CT molecular complexity index is 272. The number of hydrogen-bond donors (Lipinski definition) is 0. The molecule has 1 atom stereocenters. The molecule has 0 saturated heterocycles. The van der Waals surface area contributed by atoms with E-state index in [4.69, 9.17) is 16.3 Å². The monoisotopic (exact) mass is 198 g/mol. The van der Waals surface area contributed by atoms with E-state index in [-0.39, 0.29) is 0 Å². The second kappa shape index (κ2) is 5.00. The van der Waals surface area contributed by atoms with E-state index in [0.717, 1.165) is 5.56 Å². The number of halogens is 1. The Balaban J connectivity index is 2.62. The molecule has 0 aliphatic carbocycles. The van der Waals surface area contributed by atoms with Crippen LogP contribution in [0.25, 0.3) is 0 Å². The minimum atomic E-state index is -0.538. The van der Waals surface area contributed by atoms with E-state index < -0.39 is 11.3 Å². The number of rotatable bonds is 4. The van der Waals surface area contributed by atoms with Crippen LogP contribution in [0.1, 0.15) is 5.56 Å². The van der Waals surface area contributed by atoms with E-state index in [1.807, 2.05) is 30.3 Å². The molecule has 0 N–H and O–H groups in total. The van der Waals surface area contributed by atoms with Crippen molar-refractivity contribution in [1.29, 1.82) is 0 Å². The lowest BCUT2D eigenvalue weighted by molar-refractivity contribution is -0.120. The predicted octanol–water partition coefficient (Wildman–Crippen LogP) is 2.01. The van der Waals surface area contributed by atoms with Crippen LogP contribution in [0.15, 0.2) is 30.3 Å². The summed E-state index contributed by atoms with van der Waals surface area (Å²) < 4.78 is 4.93. The van der Waals surface area contributed by atoms with Gasteiger partial charge < -0.3 is 4.74 Å². The predicted molar refractivity (Wildman–Crippen MR) is 51.8 cm³/mol. The summed E-state index contributed by atoms with van der Waals surface area (Å²) >= 11 is 5.33. The topological polar surface area (TPSA) is 26.3 Å². The zero-order valence-corrected chi connectivity index (χ0v) is 8.12. The van der Waals surface area contributed by atoms with Crippen molar-refractivity contribution in [2.75, 3.05) is 7.11 Å². The number of benzene rings is 1. The molecule has 0 heterocycles. The van der Waals surface area contributed by atoms with Gasteiger partial charge in [0.05, 0.1) is 0 Å². The van der Waals surface area contributed by atoms with Crippen LogP contribution >= 0.6 is 11.6 Å². The summed E-state index contributed by atoms with van der Waals surface area (Å²) in [6.45, 7) is 0. The highest BCUT2D eigenvalue weighted by molar-refractivity contribution is 6.64. The second-order valence-electron chi connectivity index (χ2n) is 2.72. The van der Waals surface area contributed by atoms with Crippen molar-refractivity contribution in [3.05, 3.63) is 35.9 Å². The maximum atomic E-state index is 10.8. The average molecular weight is 199 g/mol. The maximum Gasteiger partial charge on any atom is 0.250 e. The normalized spacial score (nSPS) is 12.5. The molecule has 0 radical (unpaired) electrons. The first-order valence-corrected chi connectivity index (χ1v) is 4.38. The molecule has 0 aliphatic heterocycles. The molecule has 0 saturated carbocycles. The van der Waals surface area contributed by atoms with Crippen LogP contribution in [-0.2, 0) is 16.0 Å². The third-order valence-corrected chi connectivity index (χ3v) is 2.04. The van der Waals surface area contributed by atoms with Crippen molar-refractivity contribution >= 4 is 16.8 Å². The number of carbonyl (C=O) groups excluding carboxylic acids is 1. The Kier molecular flexibility index (Phi) is 3.93. The van der Waals surface area contributed by atoms with E-state index in [0.29, 0.717) is 6.42 Å². The number of carbonyl (C=O) groups is 1. The first kappa shape index (κ1) is 10.2. The summed E-state index contributed by atoms with van der Waals surface area (Å²) in [7, 11) is 1.48. The summed E-state index contributed by atoms with van der Waals surface area (Å²) in [5, 5.41) is -0.452. The van der Waals surface area contributed by atoms with Crippen molar-refractivity contribution in [1.82, 2.24) is 0 Å². The number of hydrogen-bond acceptors (Lipinski definition) is 2. The van der Waals surface area contributed by atoms with Crippen molar-refractivity contribution in [2.45, 2.75) is 12.5 Å². The molecule has 0 aliphatic rings. The molecular weight excluding hydrogens is 188 g/mol. The summed E-state index contributed by atoms with van der Waals surface area (Å²) in [5.74, 6) is 0. The fraction of sp³-hybridized carbons (Fsp3) is 0.300. The summed E-state index contributed by atoms with van der Waals surface area (Å²) in [5.41, 5.74) is 1.04. The van der Waals surface area contributed by atoms with Gasteiger partial charge in [-0.15, -0.1) is 0 Å². The van der Waals surface area contributed by atoms with Crippen molar-refractivity contribution in [3.8, 4) is 0 Å². The molecule has 3 heteroatoms. The van der Waals surface area contributed by atoms with Gasteiger partial charge in [0.2, 0.25) is 0 Å². The van der Waals surface area contributed by atoms with Crippen molar-refractivity contribution in [2.24, 2.45) is 0 Å². The Morgan fingerprint density at radius 2 is 2.08 bits per heavy atom. The molecule has 1 aromatic carbocycles. The molecule has 1 rings (SSSR count). The first-order valence-electron chi connectivity index (χ1n) is 4.00. The quantitative estimate of drug-likeness (QED) is 0.692. The Labute approximate surface area is 82.5 Å². The standard InChI is InChI=1S/C10H11ClO2/c1-13-9(10(11)12)7-8-5-3-2-4-6-8/h2-6,9H,7H2,1H3. The molecule has 0 amide bonds. The lowest BCUT2D eigenvalue weighted by atomic mass is 10.1. The van der Waals surface area contributed by atoms with Crippen LogP contribution in [0.5, 0.6) is 0 Å². The molecular formula is C10H11ClO2. The van der Waals surface area contributed by atoms with Crippen molar-refractivity contribution in [3.63, 3.8) is 0 Å². The first-order chi connectivity index (χ1) is 6.24. The number of methoxy groups -OCH3 is 1. The second-order valence-corrected chi connectivity index (χ2v) is 3.09. The lowest BCUT2D eigenvalue weighted by Crippen LogP contribution is -2.20. The van der Waals surface area contributed by atoms with Gasteiger partial charge in [-0.2, -0.15) is 0 Å². The van der Waals surface area contributed by atoms with Gasteiger partial charge in [-0.3, -0.25) is 4.79 Å². The smallest absolute Gasteiger partial charge is 0.250 e. The highest BCUT2D eigenvalue weighted by Crippen LogP contribution is 2.07. The van der Waals surface area contributed by atoms with Crippen LogP contribution in [0, 0.1) is 0 Å². The van der Waals surface area contributed by atoms with E-state index >= 15 is 0 Å². The zero-order valence-electron chi connectivity index (χ0n) is 7.37. The van der Waals surface area contributed by atoms with E-state index in [9.17, 15) is 4.79 Å². The van der Waals surface area contributed by atoms with Gasteiger partial charge in [-0.05, 0) is 17.2 Å². The number of ether oxygens (including phenoxy) is 1. The summed E-state index contributed by atoms with van der Waals surface area (Å²) in [6, 6.07) is 9.63. The maximum absolute atomic E-state index is 10.8. The summed E-state index contributed by atoms with van der Waals surface area (Å²) in [6.07, 6.45) is -0.0104. The molecule has 0 spiro atoms. The molecule has 1 aromatic rings. The Morgan fingerprint density at radius 3 is 2.54 bits per heavy atom. The average Bonchev–Trinajstić information content (AvgIpc) is 2.15. The van der Waals surface area contributed by atoms with E-state index in [1.54, 1.807) is 0 Å². The SMILES string of the molecule is COC(Cc1ccccc1)C(=O)Cl. The van der Waals surface area contributed by atoms with Gasteiger partial charge in [-0.25, -0.2) is 0 Å². The van der Waals surface area contributed by atoms with Crippen LogP contribution < -0.4 is 0 Å². The molecule has 2 nitrogen and oxygen atoms in total. The van der Waals surface area contributed by atoms with Crippen molar-refractivity contribution < 1.29 is 9.53 Å². The Hall–Kier alpha value is -0.860. The van der Waals surface area contributed by atoms with Gasteiger partial charge in [-0.1, -0.05) is 30.3 Å². The minimum absolute atomic E-state index is 0.452. The van der Waals surface area contributed by atoms with Gasteiger partial charge in [0.15, 0.2) is 0 Å². The third-order valence-electron chi connectivity index (χ3n) is 1.80. The van der Waals surface area contributed by atoms with Gasteiger partial charge in [0.25, 0.3) is 5.24 Å². The van der Waals surface area contributed by atoms with Crippen LogP contribution in [0.3, 0.4) is 0 Å². The molecule has 0 fully saturated rings. The lowest BCUT2D eigenvalue weighted by Gasteiger charge is -2.09. The summed E-state index contributed by atoms with van der Waals surface area (Å²) in [4.78, 5) is 10.8. The molecule has 70 valence electrons. The largest absolute Gasteiger partial charge is 0.372 e. The van der Waals surface area contributed by atoms with Gasteiger partial charge in [0, 0.05) is 13.5 Å². The van der Waals surface area contributed by atoms with Crippen LogP contribution in [0.4, 0.5) is 0 Å². The molecule has 1 unspecified atom stereocenters. The van der Waals surface area contributed by atoms with Crippen LogP contribution in [-0.4, -0.2) is 18.5 Å². The van der Waals surface area contributed by atoms with Crippen LogP contribution in [0.2, 0.25) is 0 Å². The molecule has 0 bridgehead atoms. The Morgan fingerprint density at radius 1 is 1.46 bits per heavy atom. The molecule has 0 aromatic heterocycles.